The number of aliphatic hydroxyl groups is 1. The number of fused-ring (bicyclic) bond motifs is 3. The Morgan fingerprint density at radius 3 is 2.71 bits per heavy atom. The first-order valence-electron chi connectivity index (χ1n) is 7.77. The molecule has 0 fully saturated rings. The molecular weight excluding hydrogens is 322 g/mol. The number of aryl methyl sites for hydroxylation is 1. The van der Waals surface area contributed by atoms with Crippen molar-refractivity contribution in [3.63, 3.8) is 0 Å². The molecular formula is C19H16ClN3O. The average molecular weight is 338 g/mol. The Labute approximate surface area is 145 Å². The topological polar surface area (TPSA) is 50.4 Å². The van der Waals surface area contributed by atoms with Gasteiger partial charge in [0.25, 0.3) is 0 Å². The highest BCUT2D eigenvalue weighted by atomic mass is 35.5. The van der Waals surface area contributed by atoms with Crippen molar-refractivity contribution in [1.29, 1.82) is 0 Å². The zero-order chi connectivity index (χ0) is 16.7. The molecule has 0 aliphatic carbocycles. The van der Waals surface area contributed by atoms with Gasteiger partial charge in [-0.05, 0) is 25.1 Å². The largest absolute Gasteiger partial charge is 0.390 e. The third-order valence-corrected chi connectivity index (χ3v) is 4.50. The van der Waals surface area contributed by atoms with Crippen molar-refractivity contribution in [2.24, 2.45) is 4.99 Å². The molecule has 120 valence electrons. The smallest absolute Gasteiger partial charge is 0.110 e. The zero-order valence-corrected chi connectivity index (χ0v) is 14.0. The van der Waals surface area contributed by atoms with Gasteiger partial charge in [-0.2, -0.15) is 0 Å². The van der Waals surface area contributed by atoms with E-state index in [-0.39, 0.29) is 6.61 Å². The molecule has 0 atom stereocenters. The van der Waals surface area contributed by atoms with E-state index in [0.717, 1.165) is 34.0 Å². The highest BCUT2D eigenvalue weighted by Crippen LogP contribution is 2.30. The molecule has 0 spiro atoms. The number of aliphatic imine (C=N–C) groups is 1. The molecule has 1 N–H and O–H groups in total. The minimum Gasteiger partial charge on any atom is -0.390 e. The normalized spacial score (nSPS) is 13.0. The summed E-state index contributed by atoms with van der Waals surface area (Å²) in [7, 11) is 0. The van der Waals surface area contributed by atoms with Crippen LogP contribution in [0.4, 0.5) is 0 Å². The first kappa shape index (κ1) is 15.1. The Kier molecular flexibility index (Phi) is 3.71. The van der Waals surface area contributed by atoms with Crippen molar-refractivity contribution in [1.82, 2.24) is 9.55 Å². The van der Waals surface area contributed by atoms with Gasteiger partial charge in [-0.15, -0.1) is 0 Å². The quantitative estimate of drug-likeness (QED) is 0.775. The maximum Gasteiger partial charge on any atom is 0.110 e. The monoisotopic (exact) mass is 337 g/mol. The Morgan fingerprint density at radius 1 is 1.17 bits per heavy atom. The number of hydrogen-bond donors (Lipinski definition) is 1. The van der Waals surface area contributed by atoms with Crippen molar-refractivity contribution >= 4 is 17.3 Å². The van der Waals surface area contributed by atoms with E-state index in [0.29, 0.717) is 17.3 Å². The van der Waals surface area contributed by atoms with Gasteiger partial charge in [0.1, 0.15) is 5.82 Å². The van der Waals surface area contributed by atoms with E-state index in [4.69, 9.17) is 16.6 Å². The van der Waals surface area contributed by atoms with Gasteiger partial charge in [-0.3, -0.25) is 9.56 Å². The molecule has 1 aromatic heterocycles. The number of halogens is 1. The summed E-state index contributed by atoms with van der Waals surface area (Å²) in [6, 6.07) is 15.9. The summed E-state index contributed by atoms with van der Waals surface area (Å²) >= 11 is 6.26. The van der Waals surface area contributed by atoms with Crippen molar-refractivity contribution in [3.05, 3.63) is 81.9 Å². The summed E-state index contributed by atoms with van der Waals surface area (Å²) in [5.74, 6) is 0.835. The van der Waals surface area contributed by atoms with Crippen LogP contribution in [0.2, 0.25) is 5.02 Å². The lowest BCUT2D eigenvalue weighted by atomic mass is 10.0. The van der Waals surface area contributed by atoms with E-state index in [9.17, 15) is 5.11 Å². The molecule has 4 rings (SSSR count). The highest BCUT2D eigenvalue weighted by molar-refractivity contribution is 6.31. The molecule has 24 heavy (non-hydrogen) atoms. The Morgan fingerprint density at radius 2 is 1.96 bits per heavy atom. The predicted molar refractivity (Wildman–Crippen MR) is 95.0 cm³/mol. The van der Waals surface area contributed by atoms with Crippen molar-refractivity contribution in [2.75, 3.05) is 0 Å². The fourth-order valence-electron chi connectivity index (χ4n) is 3.22. The van der Waals surface area contributed by atoms with Crippen LogP contribution in [0.25, 0.3) is 5.69 Å². The summed E-state index contributed by atoms with van der Waals surface area (Å²) in [5, 5.41) is 10.3. The first-order valence-corrected chi connectivity index (χ1v) is 8.15. The molecule has 3 aromatic rings. The van der Waals surface area contributed by atoms with Gasteiger partial charge in [0.15, 0.2) is 0 Å². The number of imidazole rings is 1. The summed E-state index contributed by atoms with van der Waals surface area (Å²) in [5.41, 5.74) is 5.50. The van der Waals surface area contributed by atoms with E-state index in [1.807, 2.05) is 55.5 Å². The molecule has 0 saturated carbocycles. The summed E-state index contributed by atoms with van der Waals surface area (Å²) in [6.45, 7) is 2.31. The Hall–Kier alpha value is -2.43. The van der Waals surface area contributed by atoms with Gasteiger partial charge in [-0.1, -0.05) is 41.9 Å². The van der Waals surface area contributed by atoms with Crippen LogP contribution < -0.4 is 0 Å². The summed E-state index contributed by atoms with van der Waals surface area (Å²) in [4.78, 5) is 9.31. The van der Waals surface area contributed by atoms with Crippen LogP contribution in [-0.2, 0) is 13.2 Å². The van der Waals surface area contributed by atoms with Crippen molar-refractivity contribution in [3.8, 4) is 5.69 Å². The van der Waals surface area contributed by atoms with E-state index < -0.39 is 0 Å². The first-order chi connectivity index (χ1) is 11.7. The SMILES string of the molecule is Cc1nc(CO)c2n1-c1ccc(Cl)cc1C(c1ccccc1)=NC2. The van der Waals surface area contributed by atoms with Gasteiger partial charge in [0.05, 0.1) is 35.9 Å². The number of hydrogen-bond acceptors (Lipinski definition) is 3. The molecule has 0 bridgehead atoms. The second kappa shape index (κ2) is 5.89. The number of aliphatic hydroxyl groups excluding tert-OH is 1. The van der Waals surface area contributed by atoms with Crippen LogP contribution in [-0.4, -0.2) is 20.4 Å². The van der Waals surface area contributed by atoms with Crippen LogP contribution in [0.1, 0.15) is 28.3 Å². The minimum atomic E-state index is -0.0950. The summed E-state index contributed by atoms with van der Waals surface area (Å²) < 4.78 is 2.07. The minimum absolute atomic E-state index is 0.0950. The van der Waals surface area contributed by atoms with E-state index >= 15 is 0 Å². The maximum atomic E-state index is 9.63. The van der Waals surface area contributed by atoms with Gasteiger partial charge in [-0.25, -0.2) is 4.98 Å². The number of benzene rings is 2. The van der Waals surface area contributed by atoms with Crippen LogP contribution in [0.3, 0.4) is 0 Å². The number of aromatic nitrogens is 2. The third-order valence-electron chi connectivity index (χ3n) is 4.26. The van der Waals surface area contributed by atoms with Crippen LogP contribution in [0, 0.1) is 6.92 Å². The molecule has 0 saturated heterocycles. The maximum absolute atomic E-state index is 9.63. The molecule has 2 aromatic carbocycles. The molecule has 1 aliphatic heterocycles. The van der Waals surface area contributed by atoms with Gasteiger partial charge in [0.2, 0.25) is 0 Å². The second-order valence-electron chi connectivity index (χ2n) is 5.74. The fraction of sp³-hybridized carbons (Fsp3) is 0.158. The Bertz CT molecular complexity index is 945. The average Bonchev–Trinajstić information content (AvgIpc) is 2.82. The van der Waals surface area contributed by atoms with Gasteiger partial charge in [0, 0.05) is 16.1 Å². The van der Waals surface area contributed by atoms with Crippen molar-refractivity contribution in [2.45, 2.75) is 20.1 Å². The lowest BCUT2D eigenvalue weighted by Crippen LogP contribution is -2.08. The number of rotatable bonds is 2. The van der Waals surface area contributed by atoms with Crippen LogP contribution in [0.15, 0.2) is 53.5 Å². The van der Waals surface area contributed by atoms with Gasteiger partial charge < -0.3 is 5.11 Å². The van der Waals surface area contributed by atoms with E-state index in [1.54, 1.807) is 0 Å². The molecule has 5 heteroatoms. The molecule has 2 heterocycles. The molecule has 0 radical (unpaired) electrons. The summed E-state index contributed by atoms with van der Waals surface area (Å²) in [6.07, 6.45) is 0. The lowest BCUT2D eigenvalue weighted by Gasteiger charge is -2.13. The number of nitrogens with zero attached hydrogens (tertiary/aromatic N) is 3. The molecule has 1 aliphatic rings. The molecule has 0 unspecified atom stereocenters. The molecule has 4 nitrogen and oxygen atoms in total. The van der Waals surface area contributed by atoms with Crippen molar-refractivity contribution < 1.29 is 5.11 Å². The fourth-order valence-corrected chi connectivity index (χ4v) is 3.39. The predicted octanol–water partition coefficient (Wildman–Crippen LogP) is 3.68. The lowest BCUT2D eigenvalue weighted by molar-refractivity contribution is 0.276. The Balaban J connectivity index is 2.02. The second-order valence-corrected chi connectivity index (χ2v) is 6.17. The van der Waals surface area contributed by atoms with Gasteiger partial charge >= 0.3 is 0 Å². The zero-order valence-electron chi connectivity index (χ0n) is 13.2. The third kappa shape index (κ3) is 2.35. The van der Waals surface area contributed by atoms with Crippen LogP contribution in [0.5, 0.6) is 0 Å². The van der Waals surface area contributed by atoms with Crippen LogP contribution >= 0.6 is 11.6 Å². The standard InChI is InChI=1S/C19H16ClN3O/c1-12-22-16(11-24)18-10-21-19(13-5-3-2-4-6-13)15-9-14(20)7-8-17(15)23(12)18/h2-9,24H,10-11H2,1H3. The van der Waals surface area contributed by atoms with E-state index in [2.05, 4.69) is 9.55 Å². The molecule has 0 amide bonds. The highest BCUT2D eigenvalue weighted by Gasteiger charge is 2.23. The van der Waals surface area contributed by atoms with E-state index in [1.165, 1.54) is 0 Å².